The van der Waals surface area contributed by atoms with Crippen molar-refractivity contribution in [3.05, 3.63) is 76.4 Å². The first-order chi connectivity index (χ1) is 11.6. The number of para-hydroxylation sites is 1. The lowest BCUT2D eigenvalue weighted by molar-refractivity contribution is 0.0935. The van der Waals surface area contributed by atoms with E-state index < -0.39 is 6.17 Å². The fraction of sp³-hybridized carbons (Fsp3) is 0.105. The first-order valence-electron chi connectivity index (χ1n) is 7.64. The van der Waals surface area contributed by atoms with Gasteiger partial charge in [0.15, 0.2) is 0 Å². The zero-order chi connectivity index (χ0) is 16.7. The maximum atomic E-state index is 14.6. The molecule has 0 fully saturated rings. The molecular formula is C19H15FN2OS. The predicted molar refractivity (Wildman–Crippen MR) is 94.7 cm³/mol. The molecule has 0 aliphatic carbocycles. The fourth-order valence-electron chi connectivity index (χ4n) is 2.95. The number of aryl methyl sites for hydroxylation is 1. The molecule has 3 aromatic rings. The number of rotatable bonds is 2. The third-order valence-electron chi connectivity index (χ3n) is 4.20. The zero-order valence-corrected chi connectivity index (χ0v) is 13.8. The molecule has 4 rings (SSSR count). The Hall–Kier alpha value is -2.66. The van der Waals surface area contributed by atoms with Gasteiger partial charge < -0.3 is 10.6 Å². The fourth-order valence-corrected chi connectivity index (χ4v) is 3.67. The van der Waals surface area contributed by atoms with Gasteiger partial charge in [0.2, 0.25) is 0 Å². The summed E-state index contributed by atoms with van der Waals surface area (Å²) in [6, 6.07) is 14.5. The Morgan fingerprint density at radius 2 is 1.96 bits per heavy atom. The summed E-state index contributed by atoms with van der Waals surface area (Å²) in [6.07, 6.45) is -0.580. The number of hydrogen-bond acceptors (Lipinski definition) is 3. The molecule has 5 heteroatoms. The molecule has 1 aliphatic heterocycles. The van der Waals surface area contributed by atoms with Gasteiger partial charge >= 0.3 is 0 Å². The maximum absolute atomic E-state index is 14.6. The SMILES string of the molecule is Cc1cccc2c1NC(c1ccc(-c3cccs3)cc1F)NC2=O. The molecular weight excluding hydrogens is 323 g/mol. The highest BCUT2D eigenvalue weighted by molar-refractivity contribution is 7.13. The van der Waals surface area contributed by atoms with Gasteiger partial charge in [0, 0.05) is 10.4 Å². The largest absolute Gasteiger partial charge is 0.361 e. The van der Waals surface area contributed by atoms with E-state index in [0.717, 1.165) is 21.7 Å². The number of amides is 1. The van der Waals surface area contributed by atoms with Crippen molar-refractivity contribution in [2.75, 3.05) is 5.32 Å². The summed E-state index contributed by atoms with van der Waals surface area (Å²) >= 11 is 1.57. The summed E-state index contributed by atoms with van der Waals surface area (Å²) in [4.78, 5) is 13.3. The average Bonchev–Trinajstić information content (AvgIpc) is 3.10. The van der Waals surface area contributed by atoms with Crippen molar-refractivity contribution in [2.45, 2.75) is 13.1 Å². The highest BCUT2D eigenvalue weighted by Gasteiger charge is 2.27. The molecule has 0 saturated carbocycles. The lowest BCUT2D eigenvalue weighted by Gasteiger charge is -2.29. The molecule has 1 aliphatic rings. The van der Waals surface area contributed by atoms with Crippen LogP contribution in [0.5, 0.6) is 0 Å². The van der Waals surface area contributed by atoms with E-state index in [-0.39, 0.29) is 11.7 Å². The highest BCUT2D eigenvalue weighted by Crippen LogP contribution is 2.32. The Kier molecular flexibility index (Phi) is 3.58. The number of carbonyl (C=O) groups is 1. The standard InChI is InChI=1S/C19H15FN2OS/c1-11-4-2-5-14-17(11)21-18(22-19(14)23)13-8-7-12(10-15(13)20)16-6-3-9-24-16/h2-10,18,21H,1H3,(H,22,23). The second-order valence-electron chi connectivity index (χ2n) is 5.76. The maximum Gasteiger partial charge on any atom is 0.255 e. The van der Waals surface area contributed by atoms with Crippen LogP contribution >= 0.6 is 11.3 Å². The van der Waals surface area contributed by atoms with Gasteiger partial charge in [-0.15, -0.1) is 11.3 Å². The molecule has 0 saturated heterocycles. The topological polar surface area (TPSA) is 41.1 Å². The number of carbonyl (C=O) groups excluding carboxylic acids is 1. The summed E-state index contributed by atoms with van der Waals surface area (Å²) in [5.74, 6) is -0.532. The highest BCUT2D eigenvalue weighted by atomic mass is 32.1. The third-order valence-corrected chi connectivity index (χ3v) is 5.12. The van der Waals surface area contributed by atoms with Gasteiger partial charge in [0.05, 0.1) is 11.3 Å². The molecule has 2 N–H and O–H groups in total. The van der Waals surface area contributed by atoms with Crippen LogP contribution in [-0.2, 0) is 0 Å². The van der Waals surface area contributed by atoms with Crippen molar-refractivity contribution >= 4 is 22.9 Å². The lowest BCUT2D eigenvalue weighted by atomic mass is 10.0. The van der Waals surface area contributed by atoms with E-state index in [0.29, 0.717) is 11.1 Å². The smallest absolute Gasteiger partial charge is 0.255 e. The van der Waals surface area contributed by atoms with Gasteiger partial charge in [0.25, 0.3) is 5.91 Å². The zero-order valence-electron chi connectivity index (χ0n) is 13.0. The number of anilines is 1. The van der Waals surface area contributed by atoms with Gasteiger partial charge in [-0.3, -0.25) is 4.79 Å². The Labute approximate surface area is 143 Å². The number of nitrogens with one attached hydrogen (secondary N) is 2. The molecule has 1 amide bonds. The van der Waals surface area contributed by atoms with E-state index >= 15 is 0 Å². The van der Waals surface area contributed by atoms with Gasteiger partial charge in [-0.2, -0.15) is 0 Å². The summed E-state index contributed by atoms with van der Waals surface area (Å²) < 4.78 is 14.6. The number of halogens is 1. The number of benzene rings is 2. The van der Waals surface area contributed by atoms with Gasteiger partial charge in [-0.1, -0.05) is 30.3 Å². The lowest BCUT2D eigenvalue weighted by Crippen LogP contribution is -2.39. The molecule has 120 valence electrons. The van der Waals surface area contributed by atoms with Crippen LogP contribution in [0.2, 0.25) is 0 Å². The van der Waals surface area contributed by atoms with E-state index in [2.05, 4.69) is 10.6 Å². The summed E-state index contributed by atoms with van der Waals surface area (Å²) in [5.41, 5.74) is 3.57. The second-order valence-corrected chi connectivity index (χ2v) is 6.71. The minimum absolute atomic E-state index is 0.195. The van der Waals surface area contributed by atoms with E-state index in [1.165, 1.54) is 6.07 Å². The van der Waals surface area contributed by atoms with Crippen LogP contribution in [0.4, 0.5) is 10.1 Å². The molecule has 3 nitrogen and oxygen atoms in total. The molecule has 1 atom stereocenters. The molecule has 24 heavy (non-hydrogen) atoms. The molecule has 1 aromatic heterocycles. The number of thiophene rings is 1. The Balaban J connectivity index is 1.70. The Morgan fingerprint density at radius 1 is 1.08 bits per heavy atom. The number of hydrogen-bond donors (Lipinski definition) is 2. The van der Waals surface area contributed by atoms with Gasteiger partial charge in [0.1, 0.15) is 12.0 Å². The summed E-state index contributed by atoms with van der Waals surface area (Å²) in [6.45, 7) is 1.93. The van der Waals surface area contributed by atoms with Gasteiger partial charge in [-0.05, 0) is 41.6 Å². The number of fused-ring (bicyclic) bond motifs is 1. The monoisotopic (exact) mass is 338 g/mol. The van der Waals surface area contributed by atoms with Crippen LogP contribution < -0.4 is 10.6 Å². The van der Waals surface area contributed by atoms with Crippen LogP contribution in [0.3, 0.4) is 0 Å². The van der Waals surface area contributed by atoms with Crippen molar-refractivity contribution in [2.24, 2.45) is 0 Å². The minimum atomic E-state index is -0.580. The Morgan fingerprint density at radius 3 is 2.71 bits per heavy atom. The van der Waals surface area contributed by atoms with Crippen molar-refractivity contribution in [1.82, 2.24) is 5.32 Å². The first kappa shape index (κ1) is 14.9. The minimum Gasteiger partial charge on any atom is -0.361 e. The molecule has 1 unspecified atom stereocenters. The van der Waals surface area contributed by atoms with Crippen LogP contribution in [-0.4, -0.2) is 5.91 Å². The molecule has 0 spiro atoms. The first-order valence-corrected chi connectivity index (χ1v) is 8.52. The van der Waals surface area contributed by atoms with Crippen LogP contribution in [0.25, 0.3) is 10.4 Å². The van der Waals surface area contributed by atoms with E-state index in [4.69, 9.17) is 0 Å². The quantitative estimate of drug-likeness (QED) is 0.710. The Bertz CT molecular complexity index is 921. The van der Waals surface area contributed by atoms with Crippen molar-refractivity contribution in [3.63, 3.8) is 0 Å². The molecule has 0 bridgehead atoms. The van der Waals surface area contributed by atoms with Crippen LogP contribution in [0.1, 0.15) is 27.7 Å². The molecule has 0 radical (unpaired) electrons. The summed E-state index contributed by atoms with van der Waals surface area (Å²) in [5, 5.41) is 8.02. The van der Waals surface area contributed by atoms with Crippen LogP contribution in [0.15, 0.2) is 53.9 Å². The van der Waals surface area contributed by atoms with E-state index in [1.807, 2.05) is 42.6 Å². The van der Waals surface area contributed by atoms with Crippen LogP contribution in [0, 0.1) is 12.7 Å². The average molecular weight is 338 g/mol. The van der Waals surface area contributed by atoms with Crippen molar-refractivity contribution in [3.8, 4) is 10.4 Å². The third kappa shape index (κ3) is 2.47. The normalized spacial score (nSPS) is 16.2. The second kappa shape index (κ2) is 5.76. The van der Waals surface area contributed by atoms with Crippen molar-refractivity contribution in [1.29, 1.82) is 0 Å². The van der Waals surface area contributed by atoms with E-state index in [9.17, 15) is 9.18 Å². The summed E-state index contributed by atoms with van der Waals surface area (Å²) in [7, 11) is 0. The van der Waals surface area contributed by atoms with Gasteiger partial charge in [-0.25, -0.2) is 4.39 Å². The predicted octanol–water partition coefficient (Wildman–Crippen LogP) is 4.72. The molecule has 2 heterocycles. The van der Waals surface area contributed by atoms with E-state index in [1.54, 1.807) is 23.5 Å². The van der Waals surface area contributed by atoms with Crippen molar-refractivity contribution < 1.29 is 9.18 Å². The molecule has 2 aromatic carbocycles.